The van der Waals surface area contributed by atoms with Gasteiger partial charge in [0.05, 0.1) is 12.3 Å². The topological polar surface area (TPSA) is 59.1 Å². The Kier molecular flexibility index (Phi) is 5.82. The van der Waals surface area contributed by atoms with Crippen molar-refractivity contribution in [3.05, 3.63) is 65.7 Å². The van der Waals surface area contributed by atoms with E-state index in [1.807, 2.05) is 60.7 Å². The highest BCUT2D eigenvalue weighted by Crippen LogP contribution is 2.24. The van der Waals surface area contributed by atoms with Crippen molar-refractivity contribution in [1.29, 1.82) is 0 Å². The number of methoxy groups -OCH3 is 1. The summed E-state index contributed by atoms with van der Waals surface area (Å²) in [5.41, 5.74) is 2.69. The van der Waals surface area contributed by atoms with Gasteiger partial charge in [0.15, 0.2) is 0 Å². The predicted octanol–water partition coefficient (Wildman–Crippen LogP) is 4.60. The largest absolute Gasteiger partial charge is 0.383 e. The zero-order chi connectivity index (χ0) is 17.5. The van der Waals surface area contributed by atoms with Gasteiger partial charge in [-0.3, -0.25) is 0 Å². The van der Waals surface area contributed by atoms with E-state index >= 15 is 0 Å². The fourth-order valence-electron chi connectivity index (χ4n) is 2.33. The van der Waals surface area contributed by atoms with Crippen LogP contribution in [0.5, 0.6) is 0 Å². The summed E-state index contributed by atoms with van der Waals surface area (Å²) in [6.07, 6.45) is 0. The van der Waals surface area contributed by atoms with Gasteiger partial charge in [-0.15, -0.1) is 0 Å². The van der Waals surface area contributed by atoms with E-state index in [4.69, 9.17) is 16.3 Å². The van der Waals surface area contributed by atoms with Crippen molar-refractivity contribution in [3.8, 4) is 11.3 Å². The van der Waals surface area contributed by atoms with E-state index in [0.717, 1.165) is 22.8 Å². The van der Waals surface area contributed by atoms with Crippen LogP contribution in [0.3, 0.4) is 0 Å². The summed E-state index contributed by atoms with van der Waals surface area (Å²) in [6, 6.07) is 19.4. The summed E-state index contributed by atoms with van der Waals surface area (Å²) >= 11 is 6.05. The van der Waals surface area contributed by atoms with Gasteiger partial charge in [0.2, 0.25) is 5.95 Å². The third-order valence-electron chi connectivity index (χ3n) is 3.49. The maximum absolute atomic E-state index is 6.05. The number of hydrogen-bond acceptors (Lipinski definition) is 5. The molecule has 2 aromatic carbocycles. The number of aromatic nitrogens is 2. The first-order chi connectivity index (χ1) is 12.2. The van der Waals surface area contributed by atoms with Crippen molar-refractivity contribution < 1.29 is 4.74 Å². The summed E-state index contributed by atoms with van der Waals surface area (Å²) in [7, 11) is 1.67. The maximum Gasteiger partial charge on any atom is 0.229 e. The van der Waals surface area contributed by atoms with Gasteiger partial charge in [0.25, 0.3) is 0 Å². The summed E-state index contributed by atoms with van der Waals surface area (Å²) in [6.45, 7) is 1.26. The highest BCUT2D eigenvalue weighted by molar-refractivity contribution is 6.30. The average Bonchev–Trinajstić information content (AvgIpc) is 2.63. The number of rotatable bonds is 7. The van der Waals surface area contributed by atoms with Crippen LogP contribution in [-0.2, 0) is 4.74 Å². The van der Waals surface area contributed by atoms with Gasteiger partial charge < -0.3 is 15.4 Å². The van der Waals surface area contributed by atoms with E-state index in [-0.39, 0.29) is 0 Å². The molecule has 0 spiro atoms. The molecule has 0 amide bonds. The first kappa shape index (κ1) is 17.2. The lowest BCUT2D eigenvalue weighted by Gasteiger charge is -2.11. The van der Waals surface area contributed by atoms with Crippen molar-refractivity contribution in [2.45, 2.75) is 0 Å². The van der Waals surface area contributed by atoms with E-state index in [9.17, 15) is 0 Å². The van der Waals surface area contributed by atoms with Gasteiger partial charge in [-0.1, -0.05) is 48.0 Å². The van der Waals surface area contributed by atoms with Crippen molar-refractivity contribution in [1.82, 2.24) is 9.97 Å². The van der Waals surface area contributed by atoms with Crippen molar-refractivity contribution in [3.63, 3.8) is 0 Å². The quantitative estimate of drug-likeness (QED) is 0.607. The lowest BCUT2D eigenvalue weighted by Crippen LogP contribution is -2.10. The maximum atomic E-state index is 6.05. The molecule has 2 N–H and O–H groups in total. The molecule has 0 bridgehead atoms. The second-order valence-corrected chi connectivity index (χ2v) is 5.82. The Balaban J connectivity index is 1.91. The molecule has 25 heavy (non-hydrogen) atoms. The summed E-state index contributed by atoms with van der Waals surface area (Å²) < 4.78 is 5.08. The van der Waals surface area contributed by atoms with E-state index < -0.39 is 0 Å². The average molecular weight is 355 g/mol. The molecular formula is C19H19ClN4O. The molecule has 1 aromatic heterocycles. The third kappa shape index (κ3) is 4.92. The molecule has 3 aromatic rings. The molecule has 1 heterocycles. The van der Waals surface area contributed by atoms with Gasteiger partial charge in [-0.05, 0) is 18.2 Å². The van der Waals surface area contributed by atoms with Crippen LogP contribution in [0.1, 0.15) is 0 Å². The van der Waals surface area contributed by atoms with Crippen LogP contribution in [0, 0.1) is 0 Å². The van der Waals surface area contributed by atoms with Crippen LogP contribution in [-0.4, -0.2) is 30.2 Å². The molecule has 0 fully saturated rings. The Labute approximate surface area is 152 Å². The Morgan fingerprint density at radius 2 is 1.84 bits per heavy atom. The van der Waals surface area contributed by atoms with Crippen molar-refractivity contribution in [2.75, 3.05) is 30.9 Å². The molecule has 5 nitrogen and oxygen atoms in total. The summed E-state index contributed by atoms with van der Waals surface area (Å²) in [5, 5.41) is 7.11. The molecular weight excluding hydrogens is 336 g/mol. The SMILES string of the molecule is COCCNc1cc(-c2ccccc2)nc(Nc2cccc(Cl)c2)n1. The van der Waals surface area contributed by atoms with Crippen LogP contribution in [0.2, 0.25) is 5.02 Å². The van der Waals surface area contributed by atoms with Crippen LogP contribution >= 0.6 is 11.6 Å². The molecule has 0 aliphatic rings. The third-order valence-corrected chi connectivity index (χ3v) is 3.72. The van der Waals surface area contributed by atoms with E-state index in [2.05, 4.69) is 20.6 Å². The Hall–Kier alpha value is -2.63. The minimum absolute atomic E-state index is 0.503. The highest BCUT2D eigenvalue weighted by Gasteiger charge is 2.07. The van der Waals surface area contributed by atoms with Crippen molar-refractivity contribution in [2.24, 2.45) is 0 Å². The molecule has 128 valence electrons. The van der Waals surface area contributed by atoms with Crippen LogP contribution in [0.15, 0.2) is 60.7 Å². The number of benzene rings is 2. The summed E-state index contributed by atoms with van der Waals surface area (Å²) in [5.74, 6) is 1.24. The number of nitrogens with one attached hydrogen (secondary N) is 2. The van der Waals surface area contributed by atoms with Crippen LogP contribution < -0.4 is 10.6 Å². The lowest BCUT2D eigenvalue weighted by molar-refractivity contribution is 0.210. The van der Waals surface area contributed by atoms with E-state index in [1.54, 1.807) is 7.11 Å². The van der Waals surface area contributed by atoms with Gasteiger partial charge in [-0.25, -0.2) is 4.98 Å². The molecule has 6 heteroatoms. The number of ether oxygens (including phenoxy) is 1. The molecule has 0 saturated carbocycles. The fraction of sp³-hybridized carbons (Fsp3) is 0.158. The Bertz CT molecular complexity index is 827. The first-order valence-corrected chi connectivity index (χ1v) is 8.32. The molecule has 0 unspecified atom stereocenters. The first-order valence-electron chi connectivity index (χ1n) is 7.94. The van der Waals surface area contributed by atoms with Gasteiger partial charge in [-0.2, -0.15) is 4.98 Å². The molecule has 0 radical (unpaired) electrons. The number of nitrogens with zero attached hydrogens (tertiary/aromatic N) is 2. The highest BCUT2D eigenvalue weighted by atomic mass is 35.5. The summed E-state index contributed by atoms with van der Waals surface area (Å²) in [4.78, 5) is 9.14. The Morgan fingerprint density at radius 1 is 1.00 bits per heavy atom. The number of anilines is 3. The monoisotopic (exact) mass is 354 g/mol. The van der Waals surface area contributed by atoms with Gasteiger partial charge >= 0.3 is 0 Å². The van der Waals surface area contributed by atoms with Crippen molar-refractivity contribution >= 4 is 29.1 Å². The molecule has 0 aliphatic heterocycles. The fourth-order valence-corrected chi connectivity index (χ4v) is 2.52. The van der Waals surface area contributed by atoms with E-state index in [0.29, 0.717) is 24.1 Å². The van der Waals surface area contributed by atoms with E-state index in [1.165, 1.54) is 0 Å². The molecule has 3 rings (SSSR count). The zero-order valence-electron chi connectivity index (χ0n) is 13.9. The minimum Gasteiger partial charge on any atom is -0.383 e. The lowest BCUT2D eigenvalue weighted by atomic mass is 10.1. The second kappa shape index (κ2) is 8.46. The molecule has 0 aliphatic carbocycles. The molecule has 0 atom stereocenters. The number of hydrogen-bond donors (Lipinski definition) is 2. The normalized spacial score (nSPS) is 10.5. The minimum atomic E-state index is 0.503. The second-order valence-electron chi connectivity index (χ2n) is 5.38. The molecule has 0 saturated heterocycles. The van der Waals surface area contributed by atoms with Gasteiger partial charge in [0.1, 0.15) is 5.82 Å². The van der Waals surface area contributed by atoms with Crippen LogP contribution in [0.25, 0.3) is 11.3 Å². The predicted molar refractivity (Wildman–Crippen MR) is 103 cm³/mol. The zero-order valence-corrected chi connectivity index (χ0v) is 14.6. The smallest absolute Gasteiger partial charge is 0.229 e. The standard InChI is InChI=1S/C19H19ClN4O/c1-25-11-10-21-18-13-17(14-6-3-2-4-7-14)23-19(24-18)22-16-9-5-8-15(20)12-16/h2-9,12-13H,10-11H2,1H3,(H2,21,22,23,24). The number of halogens is 1. The Morgan fingerprint density at radius 3 is 2.60 bits per heavy atom. The van der Waals surface area contributed by atoms with Gasteiger partial charge in [0, 0.05) is 36.0 Å². The van der Waals surface area contributed by atoms with Crippen LogP contribution in [0.4, 0.5) is 17.5 Å².